The summed E-state index contributed by atoms with van der Waals surface area (Å²) in [5.74, 6) is 0.579. The van der Waals surface area contributed by atoms with Gasteiger partial charge in [0.25, 0.3) is 0 Å². The lowest BCUT2D eigenvalue weighted by atomic mass is 10.2. The third kappa shape index (κ3) is 2.43. The van der Waals surface area contributed by atoms with Crippen LogP contribution in [0.15, 0.2) is 18.3 Å². The molecule has 0 unspecified atom stereocenters. The molecule has 7 nitrogen and oxygen atoms in total. The Kier molecular flexibility index (Phi) is 3.26. The largest absolute Gasteiger partial charge is 0.341 e. The predicted octanol–water partition coefficient (Wildman–Crippen LogP) is 2.67. The van der Waals surface area contributed by atoms with E-state index in [0.717, 1.165) is 16.6 Å². The number of nitrogens with one attached hydrogen (secondary N) is 4. The number of imidazole rings is 1. The molecule has 2 heterocycles. The number of hydrogen-bond donors (Lipinski definition) is 4. The molecule has 3 aromatic rings. The van der Waals surface area contributed by atoms with Gasteiger partial charge in [-0.3, -0.25) is 5.10 Å². The van der Waals surface area contributed by atoms with Crippen molar-refractivity contribution in [3.8, 4) is 11.5 Å². The standard InChI is InChI=1S/C13H13ClN6O/c1-6-3-8-9(4-7(6)14)18-12(17-8)11-10(5-16-20-11)19-13(21)15-2/h3-5H,1-2H3,(H,16,20)(H,17,18)(H2,15,19,21). The first-order chi connectivity index (χ1) is 10.1. The number of aromatic nitrogens is 4. The summed E-state index contributed by atoms with van der Waals surface area (Å²) < 4.78 is 0. The van der Waals surface area contributed by atoms with Gasteiger partial charge in [-0.25, -0.2) is 9.78 Å². The Labute approximate surface area is 125 Å². The number of halogens is 1. The van der Waals surface area contributed by atoms with E-state index in [1.807, 2.05) is 13.0 Å². The fourth-order valence-electron chi connectivity index (χ4n) is 2.00. The number of hydrogen-bond acceptors (Lipinski definition) is 3. The van der Waals surface area contributed by atoms with Crippen LogP contribution in [0.3, 0.4) is 0 Å². The summed E-state index contributed by atoms with van der Waals surface area (Å²) >= 11 is 6.10. The molecule has 0 saturated carbocycles. The second-order valence-corrected chi connectivity index (χ2v) is 4.97. The van der Waals surface area contributed by atoms with E-state index in [0.29, 0.717) is 22.2 Å². The number of benzene rings is 1. The van der Waals surface area contributed by atoms with E-state index in [2.05, 4.69) is 30.8 Å². The molecule has 0 saturated heterocycles. The van der Waals surface area contributed by atoms with Crippen molar-refractivity contribution in [2.75, 3.05) is 12.4 Å². The zero-order valence-corrected chi connectivity index (χ0v) is 12.2. The number of urea groups is 1. The Hall–Kier alpha value is -2.54. The van der Waals surface area contributed by atoms with E-state index in [-0.39, 0.29) is 6.03 Å². The van der Waals surface area contributed by atoms with E-state index in [9.17, 15) is 4.79 Å². The zero-order valence-electron chi connectivity index (χ0n) is 11.4. The highest BCUT2D eigenvalue weighted by atomic mass is 35.5. The monoisotopic (exact) mass is 304 g/mol. The Bertz CT molecular complexity index is 782. The molecule has 0 aliphatic rings. The van der Waals surface area contributed by atoms with Crippen LogP contribution in [-0.4, -0.2) is 33.2 Å². The van der Waals surface area contributed by atoms with E-state index < -0.39 is 0 Å². The maximum atomic E-state index is 11.4. The van der Waals surface area contributed by atoms with Gasteiger partial charge in [0.15, 0.2) is 5.82 Å². The molecule has 1 aromatic carbocycles. The number of aromatic amines is 2. The van der Waals surface area contributed by atoms with Gasteiger partial charge in [-0.2, -0.15) is 5.10 Å². The van der Waals surface area contributed by atoms with E-state index in [4.69, 9.17) is 11.6 Å². The minimum atomic E-state index is -0.326. The first-order valence-electron chi connectivity index (χ1n) is 6.27. The second-order valence-electron chi connectivity index (χ2n) is 4.57. The molecular weight excluding hydrogens is 292 g/mol. The predicted molar refractivity (Wildman–Crippen MR) is 81.5 cm³/mol. The number of carbonyl (C=O) groups is 1. The van der Waals surface area contributed by atoms with Gasteiger partial charge in [0.2, 0.25) is 0 Å². The number of H-pyrrole nitrogens is 2. The maximum Gasteiger partial charge on any atom is 0.319 e. The van der Waals surface area contributed by atoms with Gasteiger partial charge in [0.1, 0.15) is 5.69 Å². The Morgan fingerprint density at radius 1 is 1.38 bits per heavy atom. The van der Waals surface area contributed by atoms with Crippen LogP contribution in [0.1, 0.15) is 5.56 Å². The Morgan fingerprint density at radius 3 is 2.95 bits per heavy atom. The summed E-state index contributed by atoms with van der Waals surface area (Å²) in [5, 5.41) is 12.6. The smallest absolute Gasteiger partial charge is 0.319 e. The van der Waals surface area contributed by atoms with E-state index in [1.165, 1.54) is 6.20 Å². The molecule has 0 spiro atoms. The van der Waals surface area contributed by atoms with Crippen molar-refractivity contribution in [1.82, 2.24) is 25.5 Å². The number of carbonyl (C=O) groups excluding carboxylic acids is 1. The molecule has 0 fully saturated rings. The molecule has 0 atom stereocenters. The SMILES string of the molecule is CNC(=O)Nc1cn[nH]c1-c1nc2cc(Cl)c(C)cc2[nH]1. The third-order valence-electron chi connectivity index (χ3n) is 3.11. The molecule has 0 bridgehead atoms. The van der Waals surface area contributed by atoms with Gasteiger partial charge < -0.3 is 15.6 Å². The van der Waals surface area contributed by atoms with Crippen LogP contribution in [0.4, 0.5) is 10.5 Å². The van der Waals surface area contributed by atoms with Crippen LogP contribution in [0.5, 0.6) is 0 Å². The van der Waals surface area contributed by atoms with Crippen molar-refractivity contribution in [1.29, 1.82) is 0 Å². The van der Waals surface area contributed by atoms with Crippen LogP contribution >= 0.6 is 11.6 Å². The van der Waals surface area contributed by atoms with Crippen molar-refractivity contribution in [2.45, 2.75) is 6.92 Å². The normalized spacial score (nSPS) is 10.8. The zero-order chi connectivity index (χ0) is 15.0. The van der Waals surface area contributed by atoms with Gasteiger partial charge in [0.05, 0.1) is 22.9 Å². The molecule has 0 aliphatic heterocycles. The summed E-state index contributed by atoms with van der Waals surface area (Å²) in [4.78, 5) is 19.1. The molecule has 4 N–H and O–H groups in total. The molecule has 2 amide bonds. The minimum absolute atomic E-state index is 0.326. The second kappa shape index (κ2) is 5.10. The highest BCUT2D eigenvalue weighted by molar-refractivity contribution is 6.32. The van der Waals surface area contributed by atoms with Crippen LogP contribution in [0.25, 0.3) is 22.6 Å². The maximum absolute atomic E-state index is 11.4. The summed E-state index contributed by atoms with van der Waals surface area (Å²) in [6, 6.07) is 3.40. The lowest BCUT2D eigenvalue weighted by molar-refractivity contribution is 0.254. The van der Waals surface area contributed by atoms with Crippen LogP contribution < -0.4 is 10.6 Å². The van der Waals surface area contributed by atoms with Crippen molar-refractivity contribution in [3.63, 3.8) is 0 Å². The van der Waals surface area contributed by atoms with Gasteiger partial charge in [0, 0.05) is 12.1 Å². The summed E-state index contributed by atoms with van der Waals surface area (Å²) in [6.45, 7) is 1.93. The number of rotatable bonds is 2. The lowest BCUT2D eigenvalue weighted by Gasteiger charge is -2.02. The number of amides is 2. The minimum Gasteiger partial charge on any atom is -0.341 e. The molecule has 0 aliphatic carbocycles. The quantitative estimate of drug-likeness (QED) is 0.586. The van der Waals surface area contributed by atoms with Gasteiger partial charge in [-0.05, 0) is 24.6 Å². The Morgan fingerprint density at radius 2 is 2.19 bits per heavy atom. The number of anilines is 1. The van der Waals surface area contributed by atoms with E-state index in [1.54, 1.807) is 13.1 Å². The number of nitrogens with zero attached hydrogens (tertiary/aromatic N) is 2. The average molecular weight is 305 g/mol. The third-order valence-corrected chi connectivity index (χ3v) is 3.52. The number of aryl methyl sites for hydroxylation is 1. The molecule has 8 heteroatoms. The highest BCUT2D eigenvalue weighted by Crippen LogP contribution is 2.27. The first kappa shape index (κ1) is 13.4. The van der Waals surface area contributed by atoms with Gasteiger partial charge >= 0.3 is 6.03 Å². The fourth-order valence-corrected chi connectivity index (χ4v) is 2.16. The van der Waals surface area contributed by atoms with Crippen molar-refractivity contribution >= 4 is 34.4 Å². The topological polar surface area (TPSA) is 98.5 Å². The molecule has 0 radical (unpaired) electrons. The van der Waals surface area contributed by atoms with Crippen LogP contribution in [-0.2, 0) is 0 Å². The van der Waals surface area contributed by atoms with Gasteiger partial charge in [-0.1, -0.05) is 11.6 Å². The highest BCUT2D eigenvalue weighted by Gasteiger charge is 2.14. The lowest BCUT2D eigenvalue weighted by Crippen LogP contribution is -2.24. The van der Waals surface area contributed by atoms with E-state index >= 15 is 0 Å². The van der Waals surface area contributed by atoms with Crippen molar-refractivity contribution in [2.24, 2.45) is 0 Å². The van der Waals surface area contributed by atoms with Crippen molar-refractivity contribution in [3.05, 3.63) is 28.9 Å². The van der Waals surface area contributed by atoms with Crippen LogP contribution in [0.2, 0.25) is 5.02 Å². The molecule has 3 rings (SSSR count). The molecule has 21 heavy (non-hydrogen) atoms. The molecule has 2 aromatic heterocycles. The fraction of sp³-hybridized carbons (Fsp3) is 0.154. The summed E-state index contributed by atoms with van der Waals surface area (Å²) in [6.07, 6.45) is 1.52. The summed E-state index contributed by atoms with van der Waals surface area (Å²) in [7, 11) is 1.54. The summed E-state index contributed by atoms with van der Waals surface area (Å²) in [5.41, 5.74) is 3.72. The van der Waals surface area contributed by atoms with Crippen LogP contribution in [0, 0.1) is 6.92 Å². The average Bonchev–Trinajstić information content (AvgIpc) is 3.05. The Balaban J connectivity index is 2.05. The first-order valence-corrected chi connectivity index (χ1v) is 6.64. The molecule has 108 valence electrons. The van der Waals surface area contributed by atoms with Gasteiger partial charge in [-0.15, -0.1) is 0 Å². The van der Waals surface area contributed by atoms with Crippen molar-refractivity contribution < 1.29 is 4.79 Å². The number of fused-ring (bicyclic) bond motifs is 1. The molecular formula is C13H13ClN6O.